The predicted molar refractivity (Wildman–Crippen MR) is 105 cm³/mol. The first-order valence-electron chi connectivity index (χ1n) is 8.35. The highest BCUT2D eigenvalue weighted by molar-refractivity contribution is 6.31. The van der Waals surface area contributed by atoms with E-state index < -0.39 is 17.2 Å². The van der Waals surface area contributed by atoms with Gasteiger partial charge in [-0.2, -0.15) is 0 Å². The summed E-state index contributed by atoms with van der Waals surface area (Å²) in [7, 11) is 0. The second-order valence-corrected chi connectivity index (χ2v) is 6.51. The van der Waals surface area contributed by atoms with Crippen molar-refractivity contribution in [2.45, 2.75) is 20.0 Å². The SMILES string of the molecule is Cc1ccccc1NC(=O)Cn1c(=O)ccn(Cc2ccccc2Cl)c1=O. The Kier molecular flexibility index (Phi) is 5.57. The second-order valence-electron chi connectivity index (χ2n) is 6.11. The Bertz CT molecular complexity index is 1100. The number of para-hydroxylation sites is 1. The highest BCUT2D eigenvalue weighted by Crippen LogP contribution is 2.15. The van der Waals surface area contributed by atoms with Crippen molar-refractivity contribution in [1.29, 1.82) is 0 Å². The first-order valence-corrected chi connectivity index (χ1v) is 8.72. The first-order chi connectivity index (χ1) is 13.0. The van der Waals surface area contributed by atoms with Gasteiger partial charge in [0.15, 0.2) is 0 Å². The van der Waals surface area contributed by atoms with E-state index in [4.69, 9.17) is 11.6 Å². The number of hydrogen-bond acceptors (Lipinski definition) is 3. The van der Waals surface area contributed by atoms with E-state index in [1.54, 1.807) is 30.3 Å². The van der Waals surface area contributed by atoms with Gasteiger partial charge in [0.1, 0.15) is 6.54 Å². The number of carbonyl (C=O) groups is 1. The first kappa shape index (κ1) is 18.7. The van der Waals surface area contributed by atoms with E-state index in [2.05, 4.69) is 5.32 Å². The number of nitrogens with zero attached hydrogens (tertiary/aromatic N) is 2. The maximum atomic E-state index is 12.7. The van der Waals surface area contributed by atoms with Gasteiger partial charge in [0.25, 0.3) is 5.56 Å². The molecule has 7 heteroatoms. The molecule has 0 aliphatic heterocycles. The van der Waals surface area contributed by atoms with Gasteiger partial charge in [-0.05, 0) is 30.2 Å². The third-order valence-electron chi connectivity index (χ3n) is 4.16. The molecule has 0 aliphatic rings. The van der Waals surface area contributed by atoms with Gasteiger partial charge in [-0.3, -0.25) is 18.7 Å². The second kappa shape index (κ2) is 8.05. The molecule has 0 bridgehead atoms. The largest absolute Gasteiger partial charge is 0.331 e. The minimum atomic E-state index is -0.567. The number of aryl methyl sites for hydroxylation is 1. The molecule has 0 saturated heterocycles. The van der Waals surface area contributed by atoms with Gasteiger partial charge in [0.05, 0.1) is 6.54 Å². The van der Waals surface area contributed by atoms with Gasteiger partial charge < -0.3 is 5.32 Å². The number of anilines is 1. The van der Waals surface area contributed by atoms with Gasteiger partial charge in [-0.15, -0.1) is 0 Å². The summed E-state index contributed by atoms with van der Waals surface area (Å²) < 4.78 is 2.26. The zero-order chi connectivity index (χ0) is 19.4. The van der Waals surface area contributed by atoms with Gasteiger partial charge in [0, 0.05) is 23.0 Å². The number of aromatic nitrogens is 2. The lowest BCUT2D eigenvalue weighted by atomic mass is 10.2. The van der Waals surface area contributed by atoms with E-state index in [0.717, 1.165) is 15.7 Å². The summed E-state index contributed by atoms with van der Waals surface area (Å²) in [6.45, 7) is 1.70. The average molecular weight is 384 g/mol. The quantitative estimate of drug-likeness (QED) is 0.736. The van der Waals surface area contributed by atoms with Crippen LogP contribution in [-0.2, 0) is 17.9 Å². The lowest BCUT2D eigenvalue weighted by Gasteiger charge is -2.12. The fraction of sp³-hybridized carbons (Fsp3) is 0.150. The molecule has 0 radical (unpaired) electrons. The number of carbonyl (C=O) groups excluding carboxylic acids is 1. The number of amides is 1. The number of hydrogen-bond donors (Lipinski definition) is 1. The molecule has 0 spiro atoms. The van der Waals surface area contributed by atoms with Crippen LogP contribution in [0.25, 0.3) is 0 Å². The number of rotatable bonds is 5. The lowest BCUT2D eigenvalue weighted by molar-refractivity contribution is -0.116. The normalized spacial score (nSPS) is 10.6. The summed E-state index contributed by atoms with van der Waals surface area (Å²) in [4.78, 5) is 37.1. The third-order valence-corrected chi connectivity index (χ3v) is 4.53. The molecule has 3 aromatic rings. The summed E-state index contributed by atoms with van der Waals surface area (Å²) in [5.41, 5.74) is 1.18. The molecule has 0 fully saturated rings. The molecule has 2 aromatic carbocycles. The molecule has 0 atom stereocenters. The summed E-state index contributed by atoms with van der Waals surface area (Å²) >= 11 is 6.14. The highest BCUT2D eigenvalue weighted by Gasteiger charge is 2.12. The predicted octanol–water partition coefficient (Wildman–Crippen LogP) is 2.66. The van der Waals surface area contributed by atoms with E-state index in [9.17, 15) is 14.4 Å². The summed E-state index contributed by atoms with van der Waals surface area (Å²) in [5, 5.41) is 3.25. The standard InChI is InChI=1S/C20H18ClN3O3/c1-14-6-2-5-9-17(14)22-18(25)13-24-19(26)10-11-23(20(24)27)12-15-7-3-4-8-16(15)21/h2-11H,12-13H2,1H3,(H,22,25). The van der Waals surface area contributed by atoms with E-state index in [1.165, 1.54) is 16.8 Å². The number of nitrogens with one attached hydrogen (secondary N) is 1. The van der Waals surface area contributed by atoms with Crippen LogP contribution in [0.2, 0.25) is 5.02 Å². The Morgan fingerprint density at radius 3 is 2.48 bits per heavy atom. The van der Waals surface area contributed by atoms with Crippen molar-refractivity contribution in [3.8, 4) is 0 Å². The van der Waals surface area contributed by atoms with Crippen LogP contribution >= 0.6 is 11.6 Å². The molecule has 27 heavy (non-hydrogen) atoms. The molecule has 0 aliphatic carbocycles. The lowest BCUT2D eigenvalue weighted by Crippen LogP contribution is -2.41. The van der Waals surface area contributed by atoms with Crippen LogP contribution in [-0.4, -0.2) is 15.0 Å². The molecule has 1 heterocycles. The summed E-state index contributed by atoms with van der Waals surface area (Å²) in [5.74, 6) is -0.445. The molecule has 1 amide bonds. The Morgan fingerprint density at radius 1 is 1.04 bits per heavy atom. The van der Waals surface area contributed by atoms with Crippen LogP contribution in [0.5, 0.6) is 0 Å². The van der Waals surface area contributed by atoms with E-state index in [1.807, 2.05) is 25.1 Å². The minimum absolute atomic E-state index is 0.207. The Balaban J connectivity index is 1.84. The molecule has 3 rings (SSSR count). The molecular weight excluding hydrogens is 366 g/mol. The number of halogens is 1. The fourth-order valence-corrected chi connectivity index (χ4v) is 2.87. The van der Waals surface area contributed by atoms with Crippen molar-refractivity contribution in [3.05, 3.63) is 97.8 Å². The minimum Gasteiger partial charge on any atom is -0.324 e. The topological polar surface area (TPSA) is 73.1 Å². The van der Waals surface area contributed by atoms with Gasteiger partial charge in [-0.1, -0.05) is 48.0 Å². The molecule has 6 nitrogen and oxygen atoms in total. The Labute approximate surface area is 160 Å². The van der Waals surface area contributed by atoms with Gasteiger partial charge >= 0.3 is 5.69 Å². The zero-order valence-electron chi connectivity index (χ0n) is 14.7. The molecular formula is C20H18ClN3O3. The van der Waals surface area contributed by atoms with Crippen LogP contribution in [0.4, 0.5) is 5.69 Å². The smallest absolute Gasteiger partial charge is 0.324 e. The van der Waals surface area contributed by atoms with Crippen LogP contribution < -0.4 is 16.6 Å². The molecule has 1 aromatic heterocycles. The van der Waals surface area contributed by atoms with Crippen LogP contribution in [0, 0.1) is 6.92 Å². The molecule has 0 saturated carbocycles. The Hall–Kier alpha value is -3.12. The Morgan fingerprint density at radius 2 is 1.74 bits per heavy atom. The van der Waals surface area contributed by atoms with Gasteiger partial charge in [-0.25, -0.2) is 4.79 Å². The van der Waals surface area contributed by atoms with Crippen molar-refractivity contribution < 1.29 is 4.79 Å². The molecule has 1 N–H and O–H groups in total. The fourth-order valence-electron chi connectivity index (χ4n) is 2.68. The van der Waals surface area contributed by atoms with E-state index in [-0.39, 0.29) is 13.1 Å². The molecule has 138 valence electrons. The maximum Gasteiger partial charge on any atom is 0.331 e. The van der Waals surface area contributed by atoms with Crippen molar-refractivity contribution in [2.24, 2.45) is 0 Å². The molecule has 0 unspecified atom stereocenters. The van der Waals surface area contributed by atoms with Crippen molar-refractivity contribution in [3.63, 3.8) is 0 Å². The maximum absolute atomic E-state index is 12.7. The van der Waals surface area contributed by atoms with E-state index in [0.29, 0.717) is 10.7 Å². The average Bonchev–Trinajstić information content (AvgIpc) is 2.64. The monoisotopic (exact) mass is 383 g/mol. The summed E-state index contributed by atoms with van der Waals surface area (Å²) in [6, 6.07) is 15.7. The highest BCUT2D eigenvalue weighted by atomic mass is 35.5. The van der Waals surface area contributed by atoms with Gasteiger partial charge in [0.2, 0.25) is 5.91 Å². The zero-order valence-corrected chi connectivity index (χ0v) is 15.4. The van der Waals surface area contributed by atoms with Crippen molar-refractivity contribution in [1.82, 2.24) is 9.13 Å². The van der Waals surface area contributed by atoms with E-state index >= 15 is 0 Å². The van der Waals surface area contributed by atoms with Crippen molar-refractivity contribution >= 4 is 23.2 Å². The van der Waals surface area contributed by atoms with Crippen LogP contribution in [0.15, 0.2) is 70.4 Å². The summed E-state index contributed by atoms with van der Waals surface area (Å²) in [6.07, 6.45) is 1.41. The van der Waals surface area contributed by atoms with Crippen molar-refractivity contribution in [2.75, 3.05) is 5.32 Å². The van der Waals surface area contributed by atoms with Crippen LogP contribution in [0.1, 0.15) is 11.1 Å². The third kappa shape index (κ3) is 4.35. The number of benzene rings is 2. The van der Waals surface area contributed by atoms with Crippen LogP contribution in [0.3, 0.4) is 0 Å².